The van der Waals surface area contributed by atoms with E-state index in [1.807, 2.05) is 54.7 Å². The second kappa shape index (κ2) is 11.4. The molecule has 0 radical (unpaired) electrons. The number of hydrogen-bond acceptors (Lipinski definition) is 4. The molecule has 5 rings (SSSR count). The van der Waals surface area contributed by atoms with Gasteiger partial charge in [-0.05, 0) is 43.7 Å². The third kappa shape index (κ3) is 5.92. The Labute approximate surface area is 193 Å². The van der Waals surface area contributed by atoms with Crippen LogP contribution in [0.5, 0.6) is 0 Å². The van der Waals surface area contributed by atoms with E-state index in [0.717, 1.165) is 33.4 Å². The summed E-state index contributed by atoms with van der Waals surface area (Å²) in [4.78, 5) is 8.08. The molecule has 5 heteroatoms. The Bertz CT molecular complexity index is 1330. The summed E-state index contributed by atoms with van der Waals surface area (Å²) >= 11 is 0. The number of rotatable bonds is 2. The third-order valence-electron chi connectivity index (χ3n) is 5.12. The highest BCUT2D eigenvalue weighted by atomic mass is 17.0. The maximum Gasteiger partial charge on any atom is 0.0991 e. The van der Waals surface area contributed by atoms with Crippen molar-refractivity contribution < 1.29 is 10.5 Å². The van der Waals surface area contributed by atoms with Crippen molar-refractivity contribution in [2.24, 2.45) is 0 Å². The van der Waals surface area contributed by atoms with Gasteiger partial charge in [0.1, 0.15) is 0 Å². The lowest BCUT2D eigenvalue weighted by atomic mass is 9.97. The summed E-state index contributed by atoms with van der Waals surface area (Å²) in [6.07, 6.45) is 1.90. The molecule has 3 aromatic carbocycles. The van der Waals surface area contributed by atoms with Crippen molar-refractivity contribution in [2.75, 3.05) is 0 Å². The van der Waals surface area contributed by atoms with E-state index < -0.39 is 0 Å². The van der Waals surface area contributed by atoms with Gasteiger partial charge >= 0.3 is 0 Å². The molecule has 0 aliphatic heterocycles. The molecule has 0 fully saturated rings. The maximum atomic E-state index is 9.00. The Morgan fingerprint density at radius 3 is 1.94 bits per heavy atom. The number of benzene rings is 3. The van der Waals surface area contributed by atoms with Crippen molar-refractivity contribution in [3.8, 4) is 28.5 Å². The van der Waals surface area contributed by atoms with Gasteiger partial charge in [-0.1, -0.05) is 77.9 Å². The number of H-pyrrole nitrogens is 1. The molecular weight excluding hydrogens is 410 g/mol. The summed E-state index contributed by atoms with van der Waals surface area (Å²) < 4.78 is 0. The molecule has 0 unspecified atom stereocenters. The quantitative estimate of drug-likeness (QED) is 0.204. The highest BCUT2D eigenvalue weighted by molar-refractivity contribution is 5.90. The summed E-state index contributed by atoms with van der Waals surface area (Å²) in [5.74, 6) is 0. The predicted octanol–water partition coefficient (Wildman–Crippen LogP) is 7.09. The lowest BCUT2D eigenvalue weighted by Gasteiger charge is -2.10. The third-order valence-corrected chi connectivity index (χ3v) is 5.12. The number of pyridine rings is 1. The van der Waals surface area contributed by atoms with Gasteiger partial charge in [0, 0.05) is 17.3 Å². The molecule has 0 bridgehead atoms. The SMILES string of the molecule is Cc1ccc(-c2nc3cc[nH]c3cc2-c2ccc(C#N)cc2)cc1.Cc1ccccc1.OO. The Morgan fingerprint density at radius 1 is 0.758 bits per heavy atom. The molecule has 0 saturated carbocycles. The monoisotopic (exact) mass is 435 g/mol. The lowest BCUT2D eigenvalue weighted by Crippen LogP contribution is -1.91. The summed E-state index contributed by atoms with van der Waals surface area (Å²) in [6.45, 7) is 4.16. The minimum Gasteiger partial charge on any atom is -0.360 e. The molecule has 2 aromatic heterocycles. The first kappa shape index (κ1) is 23.4. The van der Waals surface area contributed by atoms with Crippen molar-refractivity contribution >= 4 is 11.0 Å². The van der Waals surface area contributed by atoms with Gasteiger partial charge in [0.2, 0.25) is 0 Å². The zero-order chi connectivity index (χ0) is 23.6. The summed E-state index contributed by atoms with van der Waals surface area (Å²) in [5, 5.41) is 21.0. The fourth-order valence-electron chi connectivity index (χ4n) is 3.39. The van der Waals surface area contributed by atoms with Gasteiger partial charge in [-0.15, -0.1) is 0 Å². The van der Waals surface area contributed by atoms with E-state index >= 15 is 0 Å². The van der Waals surface area contributed by atoms with Gasteiger partial charge in [0.05, 0.1) is 28.4 Å². The van der Waals surface area contributed by atoms with Crippen LogP contribution in [0, 0.1) is 25.2 Å². The van der Waals surface area contributed by atoms with Crippen molar-refractivity contribution in [3.63, 3.8) is 0 Å². The largest absolute Gasteiger partial charge is 0.360 e. The summed E-state index contributed by atoms with van der Waals surface area (Å²) in [6, 6.07) is 32.6. The molecule has 5 aromatic rings. The summed E-state index contributed by atoms with van der Waals surface area (Å²) in [5.41, 5.74) is 9.29. The Kier molecular flexibility index (Phi) is 8.09. The first-order chi connectivity index (χ1) is 16.1. The number of hydrogen-bond donors (Lipinski definition) is 3. The van der Waals surface area contributed by atoms with Gasteiger partial charge in [-0.25, -0.2) is 4.98 Å². The molecule has 164 valence electrons. The molecule has 0 saturated heterocycles. The van der Waals surface area contributed by atoms with Crippen LogP contribution in [0.1, 0.15) is 16.7 Å². The zero-order valence-electron chi connectivity index (χ0n) is 18.5. The van der Waals surface area contributed by atoms with Crippen LogP contribution in [-0.4, -0.2) is 20.5 Å². The van der Waals surface area contributed by atoms with Crippen molar-refractivity contribution in [3.05, 3.63) is 114 Å². The average molecular weight is 436 g/mol. The molecule has 2 heterocycles. The smallest absolute Gasteiger partial charge is 0.0991 e. The molecule has 0 atom stereocenters. The van der Waals surface area contributed by atoms with Crippen LogP contribution in [0.25, 0.3) is 33.4 Å². The van der Waals surface area contributed by atoms with Gasteiger partial charge in [-0.3, -0.25) is 10.5 Å². The summed E-state index contributed by atoms with van der Waals surface area (Å²) in [7, 11) is 0. The first-order valence-electron chi connectivity index (χ1n) is 10.4. The number of nitrogens with zero attached hydrogens (tertiary/aromatic N) is 2. The van der Waals surface area contributed by atoms with Gasteiger partial charge in [-0.2, -0.15) is 5.26 Å². The van der Waals surface area contributed by atoms with Crippen LogP contribution in [0.15, 0.2) is 97.2 Å². The highest BCUT2D eigenvalue weighted by Crippen LogP contribution is 2.33. The van der Waals surface area contributed by atoms with E-state index in [0.29, 0.717) is 5.56 Å². The molecule has 0 spiro atoms. The van der Waals surface area contributed by atoms with Crippen molar-refractivity contribution in [1.29, 1.82) is 5.26 Å². The molecule has 0 amide bonds. The van der Waals surface area contributed by atoms with Gasteiger partial charge < -0.3 is 4.98 Å². The minimum absolute atomic E-state index is 0.657. The minimum atomic E-state index is 0.657. The standard InChI is InChI=1S/C21H15N3.C7H8.H2O2/c1-14-2-6-17(7-3-14)21-18(12-20-19(24-21)10-11-23-20)16-8-4-15(13-22)5-9-16;1-7-5-3-2-4-6-7;1-2/h2-12,23H,1H3;2-6H,1H3;1-2H. The Morgan fingerprint density at radius 2 is 1.36 bits per heavy atom. The van der Waals surface area contributed by atoms with Crippen LogP contribution in [0.3, 0.4) is 0 Å². The number of nitriles is 1. The van der Waals surface area contributed by atoms with Crippen molar-refractivity contribution in [1.82, 2.24) is 9.97 Å². The van der Waals surface area contributed by atoms with E-state index in [9.17, 15) is 0 Å². The van der Waals surface area contributed by atoms with Gasteiger partial charge in [0.25, 0.3) is 0 Å². The second-order valence-corrected chi connectivity index (χ2v) is 7.50. The fraction of sp³-hybridized carbons (Fsp3) is 0.0714. The molecule has 0 aliphatic carbocycles. The average Bonchev–Trinajstić information content (AvgIpc) is 3.34. The van der Waals surface area contributed by atoms with E-state index in [1.165, 1.54) is 11.1 Å². The second-order valence-electron chi connectivity index (χ2n) is 7.50. The lowest BCUT2D eigenvalue weighted by molar-refractivity contribution is -0.176. The highest BCUT2D eigenvalue weighted by Gasteiger charge is 2.12. The molecule has 33 heavy (non-hydrogen) atoms. The van der Waals surface area contributed by atoms with E-state index in [2.05, 4.69) is 67.4 Å². The maximum absolute atomic E-state index is 9.00. The van der Waals surface area contributed by atoms with Crippen LogP contribution in [0.2, 0.25) is 0 Å². The zero-order valence-corrected chi connectivity index (χ0v) is 18.5. The number of fused-ring (bicyclic) bond motifs is 1. The van der Waals surface area contributed by atoms with E-state index in [-0.39, 0.29) is 0 Å². The van der Waals surface area contributed by atoms with Crippen molar-refractivity contribution in [2.45, 2.75) is 13.8 Å². The van der Waals surface area contributed by atoms with Crippen LogP contribution < -0.4 is 0 Å². The number of aromatic nitrogens is 2. The normalized spacial score (nSPS) is 9.79. The number of aromatic amines is 1. The molecular formula is C28H25N3O2. The topological polar surface area (TPSA) is 92.9 Å². The van der Waals surface area contributed by atoms with E-state index in [4.69, 9.17) is 20.8 Å². The number of nitrogens with one attached hydrogen (secondary N) is 1. The van der Waals surface area contributed by atoms with Crippen LogP contribution >= 0.6 is 0 Å². The first-order valence-corrected chi connectivity index (χ1v) is 10.4. The fourth-order valence-corrected chi connectivity index (χ4v) is 3.39. The van der Waals surface area contributed by atoms with Crippen LogP contribution in [-0.2, 0) is 0 Å². The molecule has 0 aliphatic rings. The number of aryl methyl sites for hydroxylation is 2. The predicted molar refractivity (Wildman–Crippen MR) is 133 cm³/mol. The van der Waals surface area contributed by atoms with E-state index in [1.54, 1.807) is 0 Å². The Balaban J connectivity index is 0.000000289. The molecule has 5 nitrogen and oxygen atoms in total. The van der Waals surface area contributed by atoms with Gasteiger partial charge in [0.15, 0.2) is 0 Å². The molecule has 3 N–H and O–H groups in total. The van der Waals surface area contributed by atoms with Crippen LogP contribution in [0.4, 0.5) is 0 Å². The Hall–Kier alpha value is -4.24.